The SMILES string of the molecule is COc1cc(C(=O)N2CCCC(c3nnc(C4CCCC4)s3)C2)cc(OC)c1OC. The molecule has 4 rings (SSSR count). The van der Waals surface area contributed by atoms with Gasteiger partial charge >= 0.3 is 0 Å². The van der Waals surface area contributed by atoms with E-state index in [1.165, 1.54) is 30.7 Å². The minimum Gasteiger partial charge on any atom is -0.493 e. The maximum atomic E-state index is 13.3. The Balaban J connectivity index is 1.51. The van der Waals surface area contributed by atoms with Crippen molar-refractivity contribution in [3.63, 3.8) is 0 Å². The van der Waals surface area contributed by atoms with Crippen molar-refractivity contribution in [2.75, 3.05) is 34.4 Å². The summed E-state index contributed by atoms with van der Waals surface area (Å²) in [6.07, 6.45) is 7.04. The highest BCUT2D eigenvalue weighted by atomic mass is 32.1. The molecule has 0 bridgehead atoms. The Bertz CT molecular complexity index is 869. The van der Waals surface area contributed by atoms with Crippen molar-refractivity contribution in [3.05, 3.63) is 27.7 Å². The largest absolute Gasteiger partial charge is 0.493 e. The topological polar surface area (TPSA) is 73.8 Å². The maximum absolute atomic E-state index is 13.3. The Morgan fingerprint density at radius 1 is 0.933 bits per heavy atom. The second-order valence-electron chi connectivity index (χ2n) is 7.96. The summed E-state index contributed by atoms with van der Waals surface area (Å²) >= 11 is 1.75. The zero-order valence-corrected chi connectivity index (χ0v) is 18.7. The van der Waals surface area contributed by atoms with Gasteiger partial charge in [0.15, 0.2) is 11.5 Å². The smallest absolute Gasteiger partial charge is 0.254 e. The molecule has 0 N–H and O–H groups in total. The molecular weight excluding hydrogens is 402 g/mol. The van der Waals surface area contributed by atoms with E-state index >= 15 is 0 Å². The number of piperidine rings is 1. The minimum atomic E-state index is -0.0283. The molecule has 2 heterocycles. The van der Waals surface area contributed by atoms with Crippen LogP contribution in [0.5, 0.6) is 17.2 Å². The lowest BCUT2D eigenvalue weighted by atomic mass is 9.98. The molecule has 0 spiro atoms. The van der Waals surface area contributed by atoms with E-state index in [9.17, 15) is 4.79 Å². The number of carbonyl (C=O) groups excluding carboxylic acids is 1. The van der Waals surface area contributed by atoms with Crippen LogP contribution in [-0.4, -0.2) is 55.4 Å². The molecule has 2 aliphatic rings. The van der Waals surface area contributed by atoms with Crippen molar-refractivity contribution in [2.45, 2.75) is 50.4 Å². The van der Waals surface area contributed by atoms with Gasteiger partial charge in [0.1, 0.15) is 10.0 Å². The van der Waals surface area contributed by atoms with Crippen molar-refractivity contribution < 1.29 is 19.0 Å². The maximum Gasteiger partial charge on any atom is 0.254 e. The van der Waals surface area contributed by atoms with E-state index in [0.717, 1.165) is 24.4 Å². The van der Waals surface area contributed by atoms with Gasteiger partial charge in [0.25, 0.3) is 5.91 Å². The third-order valence-electron chi connectivity index (χ3n) is 6.13. The molecule has 8 heteroatoms. The first-order valence-corrected chi connectivity index (χ1v) is 11.4. The van der Waals surface area contributed by atoms with Gasteiger partial charge in [-0.25, -0.2) is 0 Å². The lowest BCUT2D eigenvalue weighted by molar-refractivity contribution is 0.0706. The third kappa shape index (κ3) is 4.10. The van der Waals surface area contributed by atoms with E-state index in [4.69, 9.17) is 14.2 Å². The number of carbonyl (C=O) groups is 1. The minimum absolute atomic E-state index is 0.0283. The summed E-state index contributed by atoms with van der Waals surface area (Å²) in [7, 11) is 4.67. The fourth-order valence-electron chi connectivity index (χ4n) is 4.50. The molecule has 0 radical (unpaired) electrons. The number of amides is 1. The molecule has 2 fully saturated rings. The normalized spacial score (nSPS) is 19.7. The van der Waals surface area contributed by atoms with Gasteiger partial charge in [-0.05, 0) is 37.8 Å². The summed E-state index contributed by atoms with van der Waals surface area (Å²) in [5, 5.41) is 11.2. The Labute approximate surface area is 181 Å². The number of aromatic nitrogens is 2. The van der Waals surface area contributed by atoms with Crippen LogP contribution in [0.2, 0.25) is 0 Å². The van der Waals surface area contributed by atoms with Crippen LogP contribution in [0.4, 0.5) is 0 Å². The predicted octanol–water partition coefficient (Wildman–Crippen LogP) is 4.24. The third-order valence-corrected chi connectivity index (χ3v) is 7.38. The van der Waals surface area contributed by atoms with Crippen LogP contribution < -0.4 is 14.2 Å². The summed E-state index contributed by atoms with van der Waals surface area (Å²) in [5.74, 6) is 2.26. The Kier molecular flexibility index (Phi) is 6.41. The van der Waals surface area contributed by atoms with Crippen molar-refractivity contribution in [3.8, 4) is 17.2 Å². The zero-order chi connectivity index (χ0) is 21.1. The number of ether oxygens (including phenoxy) is 3. The molecule has 1 unspecified atom stereocenters. The quantitative estimate of drug-likeness (QED) is 0.681. The van der Waals surface area contributed by atoms with E-state index in [1.807, 2.05) is 4.90 Å². The van der Waals surface area contributed by atoms with Crippen LogP contribution in [0.1, 0.15) is 70.7 Å². The summed E-state index contributed by atoms with van der Waals surface area (Å²) in [6.45, 7) is 1.40. The number of hydrogen-bond acceptors (Lipinski definition) is 7. The number of likely N-dealkylation sites (tertiary alicyclic amines) is 1. The fourth-order valence-corrected chi connectivity index (χ4v) is 5.64. The van der Waals surface area contributed by atoms with Crippen LogP contribution in [0.3, 0.4) is 0 Å². The van der Waals surface area contributed by atoms with Crippen molar-refractivity contribution in [1.82, 2.24) is 15.1 Å². The van der Waals surface area contributed by atoms with Gasteiger partial charge in [-0.1, -0.05) is 12.8 Å². The predicted molar refractivity (Wildman–Crippen MR) is 115 cm³/mol. The molecule has 1 saturated heterocycles. The van der Waals surface area contributed by atoms with E-state index in [1.54, 1.807) is 44.8 Å². The number of hydrogen-bond donors (Lipinski definition) is 0. The number of benzene rings is 1. The molecule has 1 saturated carbocycles. The van der Waals surface area contributed by atoms with Gasteiger partial charge in [-0.2, -0.15) is 0 Å². The summed E-state index contributed by atoms with van der Waals surface area (Å²) < 4.78 is 16.2. The van der Waals surface area contributed by atoms with Crippen LogP contribution in [0.15, 0.2) is 12.1 Å². The van der Waals surface area contributed by atoms with Gasteiger partial charge in [0, 0.05) is 30.5 Å². The number of nitrogens with zero attached hydrogens (tertiary/aromatic N) is 3. The van der Waals surface area contributed by atoms with Gasteiger partial charge in [-0.3, -0.25) is 4.79 Å². The van der Waals surface area contributed by atoms with E-state index < -0.39 is 0 Å². The van der Waals surface area contributed by atoms with Crippen LogP contribution >= 0.6 is 11.3 Å². The Hall–Kier alpha value is -2.35. The summed E-state index contributed by atoms with van der Waals surface area (Å²) in [6, 6.07) is 3.44. The molecule has 1 aromatic heterocycles. The van der Waals surface area contributed by atoms with Crippen LogP contribution in [-0.2, 0) is 0 Å². The van der Waals surface area contributed by atoms with Crippen molar-refractivity contribution in [2.24, 2.45) is 0 Å². The first-order valence-electron chi connectivity index (χ1n) is 10.6. The van der Waals surface area contributed by atoms with E-state index in [0.29, 0.717) is 35.3 Å². The van der Waals surface area contributed by atoms with E-state index in [2.05, 4.69) is 10.2 Å². The molecule has 7 nitrogen and oxygen atoms in total. The van der Waals surface area contributed by atoms with Crippen LogP contribution in [0, 0.1) is 0 Å². The standard InChI is InChI=1S/C22H29N3O4S/c1-27-17-11-16(12-18(28-2)19(17)29-3)22(26)25-10-6-9-15(13-25)21-24-23-20(30-21)14-7-4-5-8-14/h11-12,14-15H,4-10,13H2,1-3H3. The highest BCUT2D eigenvalue weighted by Gasteiger charge is 2.30. The molecule has 1 aliphatic carbocycles. The van der Waals surface area contributed by atoms with Gasteiger partial charge in [0.05, 0.1) is 21.3 Å². The molecule has 1 amide bonds. The summed E-state index contributed by atoms with van der Waals surface area (Å²) in [4.78, 5) is 15.2. The van der Waals surface area contributed by atoms with Gasteiger partial charge < -0.3 is 19.1 Å². The lowest BCUT2D eigenvalue weighted by Crippen LogP contribution is -2.39. The molecule has 2 aromatic rings. The number of methoxy groups -OCH3 is 3. The molecule has 1 atom stereocenters. The summed E-state index contributed by atoms with van der Waals surface area (Å²) in [5.41, 5.74) is 0.536. The van der Waals surface area contributed by atoms with Crippen molar-refractivity contribution in [1.29, 1.82) is 0 Å². The molecule has 1 aromatic carbocycles. The second kappa shape index (κ2) is 9.20. The molecule has 30 heavy (non-hydrogen) atoms. The second-order valence-corrected chi connectivity index (χ2v) is 9.00. The molecule has 1 aliphatic heterocycles. The zero-order valence-electron chi connectivity index (χ0n) is 17.8. The molecule has 162 valence electrons. The lowest BCUT2D eigenvalue weighted by Gasteiger charge is -2.32. The van der Waals surface area contributed by atoms with Crippen molar-refractivity contribution >= 4 is 17.2 Å². The first-order chi connectivity index (χ1) is 14.6. The average molecular weight is 432 g/mol. The fraction of sp³-hybridized carbons (Fsp3) is 0.591. The molecular formula is C22H29N3O4S. The first kappa shape index (κ1) is 20.9. The Morgan fingerprint density at radius 2 is 1.53 bits per heavy atom. The average Bonchev–Trinajstić information content (AvgIpc) is 3.49. The van der Waals surface area contributed by atoms with Gasteiger partial charge in [0.2, 0.25) is 5.75 Å². The highest BCUT2D eigenvalue weighted by molar-refractivity contribution is 7.11. The number of rotatable bonds is 6. The van der Waals surface area contributed by atoms with Crippen LogP contribution in [0.25, 0.3) is 0 Å². The Morgan fingerprint density at radius 3 is 2.13 bits per heavy atom. The highest BCUT2D eigenvalue weighted by Crippen LogP contribution is 2.40. The van der Waals surface area contributed by atoms with E-state index in [-0.39, 0.29) is 11.8 Å². The monoisotopic (exact) mass is 431 g/mol. The van der Waals surface area contributed by atoms with Gasteiger partial charge in [-0.15, -0.1) is 21.5 Å².